The molecule has 1 amide bonds. The van der Waals surface area contributed by atoms with Gasteiger partial charge in [-0.25, -0.2) is 9.37 Å². The molecule has 0 spiro atoms. The van der Waals surface area contributed by atoms with Crippen LogP contribution in [0, 0.1) is 5.82 Å². The minimum absolute atomic E-state index is 0.162. The number of aromatic nitrogens is 1. The van der Waals surface area contributed by atoms with Gasteiger partial charge in [0.2, 0.25) is 0 Å². The van der Waals surface area contributed by atoms with Gasteiger partial charge in [-0.3, -0.25) is 4.79 Å². The molecule has 8 heteroatoms. The number of ether oxygens (including phenoxy) is 1. The van der Waals surface area contributed by atoms with E-state index in [-0.39, 0.29) is 17.0 Å². The van der Waals surface area contributed by atoms with Crippen molar-refractivity contribution in [1.29, 1.82) is 0 Å². The summed E-state index contributed by atoms with van der Waals surface area (Å²) in [4.78, 5) is 20.0. The van der Waals surface area contributed by atoms with E-state index in [0.29, 0.717) is 39.9 Å². The Morgan fingerprint density at radius 1 is 1.03 bits per heavy atom. The molecule has 0 saturated heterocycles. The summed E-state index contributed by atoms with van der Waals surface area (Å²) in [5.74, 6) is -0.0985. The molecule has 1 heterocycles. The van der Waals surface area contributed by atoms with Crippen molar-refractivity contribution in [3.8, 4) is 28.1 Å². The summed E-state index contributed by atoms with van der Waals surface area (Å²) in [6.07, 6.45) is 6.25. The second-order valence-corrected chi connectivity index (χ2v) is 10.5. The predicted molar refractivity (Wildman–Crippen MR) is 148 cm³/mol. The molecule has 0 unspecified atom stereocenters. The van der Waals surface area contributed by atoms with Crippen LogP contribution in [-0.4, -0.2) is 49.1 Å². The summed E-state index contributed by atoms with van der Waals surface area (Å²) in [7, 11) is 4.03. The Labute approximate surface area is 227 Å². The monoisotopic (exact) mass is 543 g/mol. The maximum absolute atomic E-state index is 13.8. The van der Waals surface area contributed by atoms with Crippen LogP contribution in [0.25, 0.3) is 22.4 Å². The Kier molecular flexibility index (Phi) is 9.41. The van der Waals surface area contributed by atoms with Crippen LogP contribution >= 0.6 is 23.2 Å². The average Bonchev–Trinajstić information content (AvgIpc) is 2.88. The number of nitrogens with zero attached hydrogens (tertiary/aromatic N) is 2. The van der Waals surface area contributed by atoms with E-state index in [1.165, 1.54) is 18.6 Å². The maximum atomic E-state index is 13.8. The SMILES string of the molecule is CN(C)CCCOc1cc(-c2nc(C(=O)NC3CCCCC3)ccc2-c2ccc(F)cc2Cl)ccc1Cl. The van der Waals surface area contributed by atoms with Crippen molar-refractivity contribution in [2.45, 2.75) is 44.6 Å². The Balaban J connectivity index is 1.70. The highest BCUT2D eigenvalue weighted by Gasteiger charge is 2.21. The number of nitrogens with one attached hydrogen (secondary N) is 1. The van der Waals surface area contributed by atoms with Gasteiger partial charge in [0.1, 0.15) is 17.3 Å². The highest BCUT2D eigenvalue weighted by atomic mass is 35.5. The zero-order valence-electron chi connectivity index (χ0n) is 21.2. The third-order valence-corrected chi connectivity index (χ3v) is 7.13. The second-order valence-electron chi connectivity index (χ2n) is 9.68. The molecule has 1 aromatic heterocycles. The average molecular weight is 544 g/mol. The number of rotatable bonds is 9. The molecule has 196 valence electrons. The molecule has 0 aliphatic heterocycles. The van der Waals surface area contributed by atoms with Crippen LogP contribution in [0.4, 0.5) is 4.39 Å². The molecule has 1 saturated carbocycles. The minimum Gasteiger partial charge on any atom is -0.492 e. The smallest absolute Gasteiger partial charge is 0.270 e. The van der Waals surface area contributed by atoms with Crippen LogP contribution in [-0.2, 0) is 0 Å². The second kappa shape index (κ2) is 12.7. The van der Waals surface area contributed by atoms with Crippen molar-refractivity contribution in [2.24, 2.45) is 0 Å². The third kappa shape index (κ3) is 7.22. The molecule has 0 bridgehead atoms. The number of carbonyl (C=O) groups is 1. The van der Waals surface area contributed by atoms with Gasteiger partial charge in [-0.1, -0.05) is 48.5 Å². The lowest BCUT2D eigenvalue weighted by Gasteiger charge is -2.22. The topological polar surface area (TPSA) is 54.5 Å². The van der Waals surface area contributed by atoms with E-state index < -0.39 is 5.82 Å². The standard InChI is InChI=1S/C29H32Cl2FN3O2/c1-35(2)15-6-16-37-27-17-19(9-13-24(27)30)28-23(22-11-10-20(32)18-25(22)31)12-14-26(34-28)29(36)33-21-7-4-3-5-8-21/h9-14,17-18,21H,3-8,15-16H2,1-2H3,(H,33,36). The van der Waals surface area contributed by atoms with Gasteiger partial charge in [0.05, 0.1) is 22.3 Å². The first-order valence-electron chi connectivity index (χ1n) is 12.7. The van der Waals surface area contributed by atoms with E-state index in [2.05, 4.69) is 10.2 Å². The highest BCUT2D eigenvalue weighted by Crippen LogP contribution is 2.38. The van der Waals surface area contributed by atoms with Crippen molar-refractivity contribution < 1.29 is 13.9 Å². The molecular formula is C29H32Cl2FN3O2. The van der Waals surface area contributed by atoms with E-state index in [1.54, 1.807) is 18.2 Å². The Bertz CT molecular complexity index is 1250. The zero-order chi connectivity index (χ0) is 26.4. The van der Waals surface area contributed by atoms with Crippen molar-refractivity contribution in [2.75, 3.05) is 27.2 Å². The number of benzene rings is 2. The minimum atomic E-state index is -0.424. The molecule has 1 aliphatic rings. The van der Waals surface area contributed by atoms with Gasteiger partial charge in [-0.05, 0) is 75.8 Å². The normalized spacial score (nSPS) is 14.1. The van der Waals surface area contributed by atoms with Gasteiger partial charge in [0.25, 0.3) is 5.91 Å². The fourth-order valence-electron chi connectivity index (χ4n) is 4.56. The summed E-state index contributed by atoms with van der Waals surface area (Å²) in [5.41, 5.74) is 2.87. The van der Waals surface area contributed by atoms with E-state index in [1.807, 2.05) is 32.3 Å². The Morgan fingerprint density at radius 3 is 2.51 bits per heavy atom. The molecule has 0 atom stereocenters. The van der Waals surface area contributed by atoms with Gasteiger partial charge < -0.3 is 15.0 Å². The van der Waals surface area contributed by atoms with E-state index in [4.69, 9.17) is 32.9 Å². The fourth-order valence-corrected chi connectivity index (χ4v) is 5.00. The number of pyridine rings is 1. The number of halogens is 3. The Hall–Kier alpha value is -2.67. The summed E-state index contributed by atoms with van der Waals surface area (Å²) < 4.78 is 19.8. The number of carbonyl (C=O) groups excluding carboxylic acids is 1. The van der Waals surface area contributed by atoms with Crippen molar-refractivity contribution >= 4 is 29.1 Å². The lowest BCUT2D eigenvalue weighted by molar-refractivity contribution is 0.0923. The van der Waals surface area contributed by atoms with Crippen LogP contribution in [0.3, 0.4) is 0 Å². The number of hydrogen-bond donors (Lipinski definition) is 1. The molecule has 5 nitrogen and oxygen atoms in total. The van der Waals surface area contributed by atoms with Crippen LogP contribution in [0.2, 0.25) is 10.0 Å². The number of hydrogen-bond acceptors (Lipinski definition) is 4. The molecule has 1 N–H and O–H groups in total. The summed E-state index contributed by atoms with van der Waals surface area (Å²) >= 11 is 12.9. The molecule has 1 aliphatic carbocycles. The van der Waals surface area contributed by atoms with Crippen LogP contribution < -0.4 is 10.1 Å². The first-order chi connectivity index (χ1) is 17.8. The van der Waals surface area contributed by atoms with Gasteiger partial charge in [0.15, 0.2) is 0 Å². The van der Waals surface area contributed by atoms with Gasteiger partial charge in [-0.2, -0.15) is 0 Å². The quantitative estimate of drug-likeness (QED) is 0.288. The van der Waals surface area contributed by atoms with E-state index >= 15 is 0 Å². The molecular weight excluding hydrogens is 512 g/mol. The van der Waals surface area contributed by atoms with Crippen molar-refractivity contribution in [1.82, 2.24) is 15.2 Å². The first-order valence-corrected chi connectivity index (χ1v) is 13.4. The lowest BCUT2D eigenvalue weighted by Crippen LogP contribution is -2.36. The molecule has 37 heavy (non-hydrogen) atoms. The molecule has 4 rings (SSSR count). The molecule has 0 radical (unpaired) electrons. The number of amides is 1. The molecule has 3 aromatic rings. The third-order valence-electron chi connectivity index (χ3n) is 6.50. The molecule has 2 aromatic carbocycles. The van der Waals surface area contributed by atoms with Crippen molar-refractivity contribution in [3.05, 3.63) is 70.1 Å². The van der Waals surface area contributed by atoms with Gasteiger partial charge in [0, 0.05) is 29.3 Å². The summed E-state index contributed by atoms with van der Waals surface area (Å²) in [5, 5.41) is 3.88. The first kappa shape index (κ1) is 27.4. The van der Waals surface area contributed by atoms with Crippen molar-refractivity contribution in [3.63, 3.8) is 0 Å². The predicted octanol–water partition coefficient (Wildman–Crippen LogP) is 7.25. The fraction of sp³-hybridized carbons (Fsp3) is 0.379. The van der Waals surface area contributed by atoms with E-state index in [9.17, 15) is 9.18 Å². The largest absolute Gasteiger partial charge is 0.492 e. The maximum Gasteiger partial charge on any atom is 0.270 e. The Morgan fingerprint density at radius 2 is 1.78 bits per heavy atom. The van der Waals surface area contributed by atoms with Crippen LogP contribution in [0.15, 0.2) is 48.5 Å². The summed E-state index contributed by atoms with van der Waals surface area (Å²) in [6, 6.07) is 13.3. The van der Waals surface area contributed by atoms with Gasteiger partial charge >= 0.3 is 0 Å². The highest BCUT2D eigenvalue weighted by molar-refractivity contribution is 6.33. The van der Waals surface area contributed by atoms with Crippen LogP contribution in [0.5, 0.6) is 5.75 Å². The molecule has 1 fully saturated rings. The summed E-state index contributed by atoms with van der Waals surface area (Å²) in [6.45, 7) is 1.40. The van der Waals surface area contributed by atoms with Crippen LogP contribution in [0.1, 0.15) is 49.0 Å². The van der Waals surface area contributed by atoms with Gasteiger partial charge in [-0.15, -0.1) is 0 Å². The van der Waals surface area contributed by atoms with E-state index in [0.717, 1.165) is 44.2 Å². The lowest BCUT2D eigenvalue weighted by atomic mass is 9.95. The zero-order valence-corrected chi connectivity index (χ0v) is 22.7.